The molecular weight excluding hydrogens is 334 g/mol. The SMILES string of the molecule is CN(C(=O)c1cccc(OCc2ccccc2C#N)c1)c1nccs1. The van der Waals surface area contributed by atoms with Gasteiger partial charge in [-0.05, 0) is 24.3 Å². The molecule has 5 nitrogen and oxygen atoms in total. The van der Waals surface area contributed by atoms with Crippen LogP contribution in [-0.4, -0.2) is 17.9 Å². The molecule has 124 valence electrons. The van der Waals surface area contributed by atoms with E-state index in [2.05, 4.69) is 11.1 Å². The zero-order valence-electron chi connectivity index (χ0n) is 13.5. The van der Waals surface area contributed by atoms with Crippen LogP contribution in [0.1, 0.15) is 21.5 Å². The standard InChI is InChI=1S/C19H15N3O2S/c1-22(19-21-9-10-25-19)18(23)14-7-4-8-17(11-14)24-13-16-6-3-2-5-15(16)12-20/h2-11H,13H2,1H3. The summed E-state index contributed by atoms with van der Waals surface area (Å²) in [6.07, 6.45) is 1.66. The molecule has 0 aliphatic carbocycles. The average Bonchev–Trinajstić information content (AvgIpc) is 3.20. The molecule has 25 heavy (non-hydrogen) atoms. The third-order valence-electron chi connectivity index (χ3n) is 3.62. The molecule has 1 heterocycles. The van der Waals surface area contributed by atoms with E-state index in [-0.39, 0.29) is 12.5 Å². The van der Waals surface area contributed by atoms with Gasteiger partial charge in [-0.15, -0.1) is 11.3 Å². The van der Waals surface area contributed by atoms with Crippen molar-refractivity contribution < 1.29 is 9.53 Å². The van der Waals surface area contributed by atoms with E-state index in [0.717, 1.165) is 5.56 Å². The van der Waals surface area contributed by atoms with E-state index in [0.29, 0.717) is 22.0 Å². The van der Waals surface area contributed by atoms with E-state index >= 15 is 0 Å². The van der Waals surface area contributed by atoms with Gasteiger partial charge in [-0.1, -0.05) is 24.3 Å². The smallest absolute Gasteiger partial charge is 0.259 e. The van der Waals surface area contributed by atoms with Crippen LogP contribution in [0.2, 0.25) is 0 Å². The molecule has 0 radical (unpaired) electrons. The molecule has 3 rings (SSSR count). The van der Waals surface area contributed by atoms with Gasteiger partial charge in [-0.25, -0.2) is 4.98 Å². The molecule has 3 aromatic rings. The number of nitriles is 1. The van der Waals surface area contributed by atoms with Gasteiger partial charge in [0.05, 0.1) is 11.6 Å². The van der Waals surface area contributed by atoms with Crippen molar-refractivity contribution in [1.82, 2.24) is 4.98 Å². The molecular formula is C19H15N3O2S. The van der Waals surface area contributed by atoms with E-state index in [1.165, 1.54) is 16.2 Å². The minimum Gasteiger partial charge on any atom is -0.489 e. The minimum absolute atomic E-state index is 0.155. The Morgan fingerprint density at radius 2 is 2.12 bits per heavy atom. The molecule has 0 fully saturated rings. The lowest BCUT2D eigenvalue weighted by Gasteiger charge is -2.14. The summed E-state index contributed by atoms with van der Waals surface area (Å²) in [6, 6.07) is 16.4. The third kappa shape index (κ3) is 3.84. The quantitative estimate of drug-likeness (QED) is 0.701. The van der Waals surface area contributed by atoms with Crippen LogP contribution < -0.4 is 9.64 Å². The number of rotatable bonds is 5. The Morgan fingerprint density at radius 3 is 2.88 bits per heavy atom. The molecule has 0 N–H and O–H groups in total. The normalized spacial score (nSPS) is 10.1. The van der Waals surface area contributed by atoms with Gasteiger partial charge in [0.25, 0.3) is 5.91 Å². The topological polar surface area (TPSA) is 66.2 Å². The van der Waals surface area contributed by atoms with E-state index < -0.39 is 0 Å². The number of hydrogen-bond donors (Lipinski definition) is 0. The summed E-state index contributed by atoms with van der Waals surface area (Å²) in [5.74, 6) is 0.420. The van der Waals surface area contributed by atoms with E-state index in [1.54, 1.807) is 43.6 Å². The van der Waals surface area contributed by atoms with Gasteiger partial charge in [0.15, 0.2) is 5.13 Å². The summed E-state index contributed by atoms with van der Waals surface area (Å²) >= 11 is 1.40. The summed E-state index contributed by atoms with van der Waals surface area (Å²) < 4.78 is 5.76. The van der Waals surface area contributed by atoms with Gasteiger partial charge >= 0.3 is 0 Å². The van der Waals surface area contributed by atoms with Crippen LogP contribution in [0.15, 0.2) is 60.1 Å². The lowest BCUT2D eigenvalue weighted by molar-refractivity contribution is 0.0992. The highest BCUT2D eigenvalue weighted by molar-refractivity contribution is 7.13. The van der Waals surface area contributed by atoms with Crippen LogP contribution in [-0.2, 0) is 6.61 Å². The Bertz CT molecular complexity index is 916. The molecule has 1 amide bonds. The second-order valence-electron chi connectivity index (χ2n) is 5.26. The Labute approximate surface area is 149 Å². The first-order chi connectivity index (χ1) is 12.2. The zero-order valence-corrected chi connectivity index (χ0v) is 14.4. The van der Waals surface area contributed by atoms with Gasteiger partial charge in [-0.2, -0.15) is 5.26 Å². The summed E-state index contributed by atoms with van der Waals surface area (Å²) in [4.78, 5) is 18.2. The molecule has 0 saturated carbocycles. The molecule has 0 unspecified atom stereocenters. The molecule has 0 saturated heterocycles. The van der Waals surface area contributed by atoms with E-state index in [9.17, 15) is 4.79 Å². The molecule has 1 aromatic heterocycles. The van der Waals surface area contributed by atoms with Crippen LogP contribution in [0.4, 0.5) is 5.13 Å². The van der Waals surface area contributed by atoms with E-state index in [1.807, 2.05) is 23.6 Å². The van der Waals surface area contributed by atoms with Gasteiger partial charge in [0, 0.05) is 29.8 Å². The van der Waals surface area contributed by atoms with Crippen LogP contribution in [0.25, 0.3) is 0 Å². The van der Waals surface area contributed by atoms with Gasteiger partial charge in [-0.3, -0.25) is 9.69 Å². The Morgan fingerprint density at radius 1 is 1.28 bits per heavy atom. The van der Waals surface area contributed by atoms with Crippen molar-refractivity contribution in [2.75, 3.05) is 11.9 Å². The molecule has 0 atom stereocenters. The van der Waals surface area contributed by atoms with Crippen molar-refractivity contribution in [2.24, 2.45) is 0 Å². The van der Waals surface area contributed by atoms with Gasteiger partial charge < -0.3 is 4.74 Å². The fourth-order valence-electron chi connectivity index (χ4n) is 2.30. The predicted molar refractivity (Wildman–Crippen MR) is 96.8 cm³/mol. The highest BCUT2D eigenvalue weighted by atomic mass is 32.1. The number of amides is 1. The van der Waals surface area contributed by atoms with Crippen LogP contribution in [0.5, 0.6) is 5.75 Å². The zero-order chi connectivity index (χ0) is 17.6. The highest BCUT2D eigenvalue weighted by Crippen LogP contribution is 2.21. The van der Waals surface area contributed by atoms with Crippen molar-refractivity contribution >= 4 is 22.4 Å². The van der Waals surface area contributed by atoms with Crippen molar-refractivity contribution in [3.8, 4) is 11.8 Å². The summed E-state index contributed by atoms with van der Waals surface area (Å²) in [5.41, 5.74) is 1.91. The van der Waals surface area contributed by atoms with Crippen LogP contribution in [0.3, 0.4) is 0 Å². The number of nitrogens with zero attached hydrogens (tertiary/aromatic N) is 3. The van der Waals surface area contributed by atoms with Gasteiger partial charge in [0.1, 0.15) is 12.4 Å². The Balaban J connectivity index is 1.73. The number of carbonyl (C=O) groups excluding carboxylic acids is 1. The monoisotopic (exact) mass is 349 g/mol. The second-order valence-corrected chi connectivity index (χ2v) is 6.14. The lowest BCUT2D eigenvalue weighted by Crippen LogP contribution is -2.25. The number of hydrogen-bond acceptors (Lipinski definition) is 5. The highest BCUT2D eigenvalue weighted by Gasteiger charge is 2.16. The first-order valence-corrected chi connectivity index (χ1v) is 8.45. The van der Waals surface area contributed by atoms with Crippen LogP contribution in [0, 0.1) is 11.3 Å². The summed E-state index contributed by atoms with van der Waals surface area (Å²) in [7, 11) is 1.69. The first kappa shape index (κ1) is 16.7. The number of ether oxygens (including phenoxy) is 1. The number of thiazole rings is 1. The maximum atomic E-state index is 12.6. The van der Waals surface area contributed by atoms with Crippen LogP contribution >= 0.6 is 11.3 Å². The van der Waals surface area contributed by atoms with Crippen molar-refractivity contribution in [3.63, 3.8) is 0 Å². The number of benzene rings is 2. The number of aromatic nitrogens is 1. The summed E-state index contributed by atoms with van der Waals surface area (Å²) in [6.45, 7) is 0.268. The fourth-order valence-corrected chi connectivity index (χ4v) is 2.90. The molecule has 2 aromatic carbocycles. The number of carbonyl (C=O) groups is 1. The largest absolute Gasteiger partial charge is 0.489 e. The molecule has 0 aliphatic heterocycles. The molecule has 0 bridgehead atoms. The van der Waals surface area contributed by atoms with E-state index in [4.69, 9.17) is 10.00 Å². The summed E-state index contributed by atoms with van der Waals surface area (Å²) in [5, 5.41) is 11.6. The predicted octanol–water partition coefficient (Wildman–Crippen LogP) is 3.87. The minimum atomic E-state index is -0.155. The third-order valence-corrected chi connectivity index (χ3v) is 4.47. The molecule has 0 spiro atoms. The fraction of sp³-hybridized carbons (Fsp3) is 0.105. The Hall–Kier alpha value is -3.17. The van der Waals surface area contributed by atoms with Gasteiger partial charge in [0.2, 0.25) is 0 Å². The lowest BCUT2D eigenvalue weighted by atomic mass is 10.1. The van der Waals surface area contributed by atoms with Crippen molar-refractivity contribution in [1.29, 1.82) is 5.26 Å². The Kier molecular flexibility index (Phi) is 5.07. The first-order valence-electron chi connectivity index (χ1n) is 7.57. The maximum Gasteiger partial charge on any atom is 0.259 e. The van der Waals surface area contributed by atoms with Crippen molar-refractivity contribution in [2.45, 2.75) is 6.61 Å². The average molecular weight is 349 g/mol. The second kappa shape index (κ2) is 7.60. The molecule has 6 heteroatoms. The molecule has 0 aliphatic rings. The maximum absolute atomic E-state index is 12.6. The van der Waals surface area contributed by atoms with Crippen molar-refractivity contribution in [3.05, 3.63) is 76.8 Å². The number of anilines is 1.